The van der Waals surface area contributed by atoms with Crippen LogP contribution >= 0.6 is 11.8 Å². The minimum absolute atomic E-state index is 0.0652. The van der Waals surface area contributed by atoms with Crippen molar-refractivity contribution in [1.29, 1.82) is 5.26 Å². The molecule has 0 radical (unpaired) electrons. The summed E-state index contributed by atoms with van der Waals surface area (Å²) in [5.41, 5.74) is 0.753. The van der Waals surface area contributed by atoms with E-state index in [9.17, 15) is 19.6 Å². The minimum Gasteiger partial charge on any atom is -0.454 e. The van der Waals surface area contributed by atoms with Gasteiger partial charge in [-0.3, -0.25) is 9.69 Å². The van der Waals surface area contributed by atoms with Crippen LogP contribution in [0.5, 0.6) is 17.2 Å². The molecule has 0 aromatic heterocycles. The van der Waals surface area contributed by atoms with Crippen molar-refractivity contribution in [3.8, 4) is 23.3 Å². The van der Waals surface area contributed by atoms with Crippen LogP contribution in [0, 0.1) is 17.2 Å². The maximum absolute atomic E-state index is 13.6. The van der Waals surface area contributed by atoms with E-state index < -0.39 is 28.0 Å². The van der Waals surface area contributed by atoms with Crippen LogP contribution in [0.25, 0.3) is 0 Å². The number of hydrogen-bond donors (Lipinski definition) is 0. The topological polar surface area (TPSA) is 109 Å². The van der Waals surface area contributed by atoms with Gasteiger partial charge in [0, 0.05) is 13.5 Å². The molecule has 2 aliphatic rings. The van der Waals surface area contributed by atoms with Gasteiger partial charge in [0.25, 0.3) is 5.91 Å². The Labute approximate surface area is 201 Å². The second kappa shape index (κ2) is 9.75. The Balaban J connectivity index is 1.69. The lowest BCUT2D eigenvalue weighted by Crippen LogP contribution is -2.53. The summed E-state index contributed by atoms with van der Waals surface area (Å²) in [4.78, 5) is 39.2. The first-order valence-electron chi connectivity index (χ1n) is 10.6. The average molecular weight is 482 g/mol. The van der Waals surface area contributed by atoms with Gasteiger partial charge < -0.3 is 23.9 Å². The number of thioether (sulfide) groups is 1. The summed E-state index contributed by atoms with van der Waals surface area (Å²) in [5, 5.41) is 9.31. The Morgan fingerprint density at radius 2 is 2.00 bits per heavy atom. The molecule has 10 heteroatoms. The molecule has 2 heterocycles. The number of carbonyl (C=O) groups excluding carboxylic acids is 3. The van der Waals surface area contributed by atoms with E-state index in [0.717, 1.165) is 5.56 Å². The molecule has 2 aromatic carbocycles. The molecule has 3 atom stereocenters. The van der Waals surface area contributed by atoms with Gasteiger partial charge >= 0.3 is 5.30 Å². The van der Waals surface area contributed by atoms with Crippen molar-refractivity contribution < 1.29 is 28.6 Å². The van der Waals surface area contributed by atoms with E-state index in [2.05, 4.69) is 6.07 Å². The highest BCUT2D eigenvalue weighted by molar-refractivity contribution is 8.15. The molecule has 2 aromatic rings. The van der Waals surface area contributed by atoms with Gasteiger partial charge in [0.1, 0.15) is 12.0 Å². The molecule has 1 unspecified atom stereocenters. The molecule has 1 saturated heterocycles. The van der Waals surface area contributed by atoms with Gasteiger partial charge in [-0.2, -0.15) is 5.26 Å². The lowest BCUT2D eigenvalue weighted by Gasteiger charge is -2.37. The number of amides is 1. The molecule has 4 rings (SSSR count). The Kier molecular flexibility index (Phi) is 6.77. The lowest BCUT2D eigenvalue weighted by molar-refractivity contribution is -0.137. The van der Waals surface area contributed by atoms with Crippen LogP contribution in [0.4, 0.5) is 4.79 Å². The SMILES string of the molecule is CN(CC=O)C(=O)[C@@]1(SC(=O)Oc2ccccc2)CC(C#N)[C@H](c2ccc3c(c2)OCO3)N1C. The first-order chi connectivity index (χ1) is 16.4. The van der Waals surface area contributed by atoms with Gasteiger partial charge in [0.2, 0.25) is 6.79 Å². The summed E-state index contributed by atoms with van der Waals surface area (Å²) >= 11 is 0.713. The maximum atomic E-state index is 13.6. The van der Waals surface area contributed by atoms with Crippen molar-refractivity contribution in [1.82, 2.24) is 9.80 Å². The molecule has 0 spiro atoms. The Morgan fingerprint density at radius 1 is 1.26 bits per heavy atom. The quantitative estimate of drug-likeness (QED) is 0.454. The smallest absolute Gasteiger partial charge is 0.375 e. The van der Waals surface area contributed by atoms with Crippen molar-refractivity contribution in [2.75, 3.05) is 27.4 Å². The van der Waals surface area contributed by atoms with E-state index in [1.165, 1.54) is 11.9 Å². The van der Waals surface area contributed by atoms with Crippen LogP contribution < -0.4 is 14.2 Å². The largest absolute Gasteiger partial charge is 0.454 e. The maximum Gasteiger partial charge on any atom is 0.375 e. The van der Waals surface area contributed by atoms with E-state index in [0.29, 0.717) is 35.3 Å². The third-order valence-corrected chi connectivity index (χ3v) is 7.21. The van der Waals surface area contributed by atoms with Gasteiger partial charge in [0.15, 0.2) is 16.4 Å². The molecular formula is C24H23N3O6S. The van der Waals surface area contributed by atoms with Crippen molar-refractivity contribution in [2.24, 2.45) is 5.92 Å². The number of aldehydes is 1. The van der Waals surface area contributed by atoms with E-state index in [1.807, 2.05) is 6.07 Å². The summed E-state index contributed by atoms with van der Waals surface area (Å²) in [7, 11) is 3.19. The van der Waals surface area contributed by atoms with E-state index in [1.54, 1.807) is 54.4 Å². The van der Waals surface area contributed by atoms with Gasteiger partial charge in [-0.05, 0) is 48.6 Å². The van der Waals surface area contributed by atoms with E-state index >= 15 is 0 Å². The highest BCUT2D eigenvalue weighted by atomic mass is 32.2. The Hall–Kier alpha value is -3.55. The first-order valence-corrected chi connectivity index (χ1v) is 11.4. The van der Waals surface area contributed by atoms with Gasteiger partial charge in [-0.15, -0.1) is 0 Å². The fourth-order valence-electron chi connectivity index (χ4n) is 4.35. The van der Waals surface area contributed by atoms with Crippen LogP contribution in [-0.2, 0) is 9.59 Å². The summed E-state index contributed by atoms with van der Waals surface area (Å²) in [6.07, 6.45) is 0.681. The summed E-state index contributed by atoms with van der Waals surface area (Å²) < 4.78 is 16.3. The minimum atomic E-state index is -1.45. The number of para-hydroxylation sites is 1. The molecule has 0 N–H and O–H groups in total. The van der Waals surface area contributed by atoms with Crippen molar-refractivity contribution in [3.05, 3.63) is 54.1 Å². The van der Waals surface area contributed by atoms with Crippen LogP contribution in [0.1, 0.15) is 18.0 Å². The molecule has 0 aliphatic carbocycles. The predicted octanol–water partition coefficient (Wildman–Crippen LogP) is 3.22. The molecule has 0 bridgehead atoms. The van der Waals surface area contributed by atoms with Crippen molar-refractivity contribution >= 4 is 29.3 Å². The molecule has 1 amide bonds. The lowest BCUT2D eigenvalue weighted by atomic mass is 9.94. The molecule has 0 saturated carbocycles. The third kappa shape index (κ3) is 4.32. The number of nitrogens with zero attached hydrogens (tertiary/aromatic N) is 3. The van der Waals surface area contributed by atoms with Crippen LogP contribution in [0.2, 0.25) is 0 Å². The fourth-order valence-corrected chi connectivity index (χ4v) is 5.53. The first kappa shape index (κ1) is 23.6. The number of ether oxygens (including phenoxy) is 3. The van der Waals surface area contributed by atoms with E-state index in [-0.39, 0.29) is 19.8 Å². The van der Waals surface area contributed by atoms with Gasteiger partial charge in [0.05, 0.1) is 24.6 Å². The average Bonchev–Trinajstić information content (AvgIpc) is 3.41. The van der Waals surface area contributed by atoms with Gasteiger partial charge in [-0.25, -0.2) is 4.79 Å². The molecule has 1 fully saturated rings. The zero-order valence-electron chi connectivity index (χ0n) is 18.7. The number of nitriles is 1. The summed E-state index contributed by atoms with van der Waals surface area (Å²) in [5.74, 6) is 0.428. The summed E-state index contributed by atoms with van der Waals surface area (Å²) in [6, 6.07) is 15.7. The standard InChI is InChI=1S/C24H23N3O6S/c1-26(10-11-28)22(29)24(34-23(30)33-18-6-4-3-5-7-18)13-17(14-25)21(27(24)2)16-8-9-19-20(12-16)32-15-31-19/h3-9,11-12,17,21H,10,13,15H2,1-2H3/t17?,21-,24-/m0/s1. The number of fused-ring (bicyclic) bond motifs is 1. The number of likely N-dealkylation sites (tertiary alicyclic amines) is 1. The molecule has 176 valence electrons. The third-order valence-electron chi connectivity index (χ3n) is 5.99. The van der Waals surface area contributed by atoms with E-state index in [4.69, 9.17) is 14.2 Å². The van der Waals surface area contributed by atoms with Crippen molar-refractivity contribution in [2.45, 2.75) is 17.3 Å². The highest BCUT2D eigenvalue weighted by Gasteiger charge is 2.58. The number of carbonyl (C=O) groups is 3. The Morgan fingerprint density at radius 3 is 2.71 bits per heavy atom. The molecule has 9 nitrogen and oxygen atoms in total. The normalized spacial score (nSPS) is 23.2. The zero-order chi connectivity index (χ0) is 24.3. The van der Waals surface area contributed by atoms with Crippen LogP contribution in [0.3, 0.4) is 0 Å². The zero-order valence-corrected chi connectivity index (χ0v) is 19.5. The second-order valence-electron chi connectivity index (χ2n) is 8.01. The van der Waals surface area contributed by atoms with Crippen molar-refractivity contribution in [3.63, 3.8) is 0 Å². The second-order valence-corrected chi connectivity index (χ2v) is 9.22. The predicted molar refractivity (Wildman–Crippen MR) is 123 cm³/mol. The number of hydrogen-bond acceptors (Lipinski definition) is 9. The Bertz CT molecular complexity index is 1140. The monoisotopic (exact) mass is 481 g/mol. The molecule has 34 heavy (non-hydrogen) atoms. The van der Waals surface area contributed by atoms with Crippen LogP contribution in [-0.4, -0.2) is 59.6 Å². The number of likely N-dealkylation sites (N-methyl/N-ethyl adjacent to an activating group) is 2. The fraction of sp³-hybridized carbons (Fsp3) is 0.333. The van der Waals surface area contributed by atoms with Crippen LogP contribution in [0.15, 0.2) is 48.5 Å². The number of rotatable bonds is 6. The molecular weight excluding hydrogens is 458 g/mol. The highest BCUT2D eigenvalue weighted by Crippen LogP contribution is 2.53. The van der Waals surface area contributed by atoms with Gasteiger partial charge in [-0.1, -0.05) is 24.3 Å². The number of benzene rings is 2. The summed E-state index contributed by atoms with van der Waals surface area (Å²) in [6.45, 7) is -0.0321. The molecule has 2 aliphatic heterocycles.